The van der Waals surface area contributed by atoms with E-state index in [0.717, 1.165) is 5.69 Å². The molecule has 30 heavy (non-hydrogen) atoms. The largest absolute Gasteiger partial charge is 0.493 e. The van der Waals surface area contributed by atoms with E-state index in [2.05, 4.69) is 15.3 Å². The topological polar surface area (TPSA) is 98.2 Å². The molecule has 0 aliphatic carbocycles. The normalized spacial score (nSPS) is 11.1. The lowest BCUT2D eigenvalue weighted by Crippen LogP contribution is -2.26. The second-order valence-electron chi connectivity index (χ2n) is 7.32. The van der Waals surface area contributed by atoms with Gasteiger partial charge in [0.1, 0.15) is 5.52 Å². The van der Waals surface area contributed by atoms with E-state index in [4.69, 9.17) is 9.47 Å². The zero-order valence-corrected chi connectivity index (χ0v) is 18.6. The van der Waals surface area contributed by atoms with Crippen LogP contribution in [0, 0.1) is 12.8 Å². The molecule has 2 heterocycles. The first-order chi connectivity index (χ1) is 14.3. The van der Waals surface area contributed by atoms with Crippen molar-refractivity contribution in [3.63, 3.8) is 0 Å². The molecule has 1 aromatic carbocycles. The highest BCUT2D eigenvalue weighted by molar-refractivity contribution is 7.99. The molecule has 0 spiro atoms. The molecule has 0 saturated heterocycles. The van der Waals surface area contributed by atoms with Gasteiger partial charge in [-0.3, -0.25) is 14.2 Å². The molecule has 1 amide bonds. The van der Waals surface area contributed by atoms with Crippen molar-refractivity contribution < 1.29 is 14.3 Å². The number of hydrogen-bond donors (Lipinski definition) is 2. The van der Waals surface area contributed by atoms with E-state index in [0.29, 0.717) is 39.9 Å². The Bertz CT molecular complexity index is 1120. The third-order valence-corrected chi connectivity index (χ3v) is 5.36. The summed E-state index contributed by atoms with van der Waals surface area (Å²) in [5.74, 6) is 1.29. The van der Waals surface area contributed by atoms with E-state index < -0.39 is 0 Å². The molecule has 0 unspecified atom stereocenters. The van der Waals surface area contributed by atoms with Crippen LogP contribution in [0.5, 0.6) is 11.5 Å². The quantitative estimate of drug-likeness (QED) is 0.420. The Kier molecular flexibility index (Phi) is 6.71. The van der Waals surface area contributed by atoms with Gasteiger partial charge in [-0.25, -0.2) is 4.98 Å². The van der Waals surface area contributed by atoms with E-state index >= 15 is 0 Å². The minimum absolute atomic E-state index is 0.119. The van der Waals surface area contributed by atoms with Crippen molar-refractivity contribution >= 4 is 34.4 Å². The van der Waals surface area contributed by atoms with Crippen LogP contribution in [0.1, 0.15) is 19.5 Å². The zero-order chi connectivity index (χ0) is 21.8. The summed E-state index contributed by atoms with van der Waals surface area (Å²) < 4.78 is 12.1. The minimum Gasteiger partial charge on any atom is -0.493 e. The van der Waals surface area contributed by atoms with Crippen molar-refractivity contribution in [2.24, 2.45) is 5.92 Å². The van der Waals surface area contributed by atoms with Gasteiger partial charge in [-0.2, -0.15) is 0 Å². The number of aromatic amines is 1. The molecule has 0 saturated carbocycles. The van der Waals surface area contributed by atoms with Crippen LogP contribution in [-0.2, 0) is 11.3 Å². The summed E-state index contributed by atoms with van der Waals surface area (Å²) >= 11 is 1.24. The zero-order valence-electron chi connectivity index (χ0n) is 17.7. The number of H-pyrrole nitrogens is 1. The molecule has 3 aromatic rings. The number of fused-ring (bicyclic) bond motifs is 1. The summed E-state index contributed by atoms with van der Waals surface area (Å²) in [7, 11) is 3.09. The highest BCUT2D eigenvalue weighted by Crippen LogP contribution is 2.30. The lowest BCUT2D eigenvalue weighted by atomic mass is 10.2. The first-order valence-electron chi connectivity index (χ1n) is 9.57. The number of nitrogens with zero attached hydrogens (tertiary/aromatic N) is 2. The van der Waals surface area contributed by atoms with Gasteiger partial charge in [0, 0.05) is 24.0 Å². The van der Waals surface area contributed by atoms with Crippen LogP contribution in [0.3, 0.4) is 0 Å². The first-order valence-corrected chi connectivity index (χ1v) is 10.6. The third kappa shape index (κ3) is 4.79. The number of hydrogen-bond acceptors (Lipinski definition) is 6. The molecule has 3 rings (SSSR count). The number of nitrogens with one attached hydrogen (secondary N) is 2. The molecule has 2 aromatic heterocycles. The second-order valence-corrected chi connectivity index (χ2v) is 8.27. The average Bonchev–Trinajstić information content (AvgIpc) is 3.09. The molecule has 0 bridgehead atoms. The number of carbonyl (C=O) groups is 1. The van der Waals surface area contributed by atoms with Gasteiger partial charge in [-0.05, 0) is 31.0 Å². The molecule has 0 aliphatic rings. The summed E-state index contributed by atoms with van der Waals surface area (Å²) in [4.78, 5) is 33.1. The van der Waals surface area contributed by atoms with E-state index in [9.17, 15) is 9.59 Å². The van der Waals surface area contributed by atoms with Gasteiger partial charge in [0.25, 0.3) is 5.56 Å². The van der Waals surface area contributed by atoms with Crippen LogP contribution in [0.4, 0.5) is 5.69 Å². The maximum Gasteiger partial charge on any atom is 0.278 e. The Labute approximate surface area is 179 Å². The predicted molar refractivity (Wildman–Crippen MR) is 119 cm³/mol. The molecule has 0 radical (unpaired) electrons. The second kappa shape index (κ2) is 9.25. The monoisotopic (exact) mass is 430 g/mol. The van der Waals surface area contributed by atoms with Crippen molar-refractivity contribution in [3.05, 3.63) is 40.3 Å². The molecular formula is C21H26N4O4S. The van der Waals surface area contributed by atoms with E-state index in [1.807, 2.05) is 26.8 Å². The SMILES string of the molecule is COc1ccc(NC(=O)CSc2nc3cc(C)[nH]c3c(=O)n2CC(C)C)cc1OC. The number of carbonyl (C=O) groups excluding carboxylic acids is 1. The number of methoxy groups -OCH3 is 2. The summed E-state index contributed by atoms with van der Waals surface area (Å²) in [5.41, 5.74) is 2.46. The molecule has 8 nitrogen and oxygen atoms in total. The van der Waals surface area contributed by atoms with Gasteiger partial charge in [0.2, 0.25) is 5.91 Å². The summed E-state index contributed by atoms with van der Waals surface area (Å²) in [6, 6.07) is 7.00. The van der Waals surface area contributed by atoms with Crippen molar-refractivity contribution in [3.8, 4) is 11.5 Å². The fraction of sp³-hybridized carbons (Fsp3) is 0.381. The average molecular weight is 431 g/mol. The van der Waals surface area contributed by atoms with Crippen LogP contribution in [0.2, 0.25) is 0 Å². The van der Waals surface area contributed by atoms with Crippen molar-refractivity contribution in [2.45, 2.75) is 32.5 Å². The number of ether oxygens (including phenoxy) is 2. The number of aryl methyl sites for hydroxylation is 1. The highest BCUT2D eigenvalue weighted by atomic mass is 32.2. The predicted octanol–water partition coefficient (Wildman–Crippen LogP) is 3.44. The molecule has 0 aliphatic heterocycles. The molecule has 0 atom stereocenters. The van der Waals surface area contributed by atoms with Crippen LogP contribution >= 0.6 is 11.8 Å². The standard InChI is InChI=1S/C21H26N4O4S/c1-12(2)10-25-20(27)19-15(8-13(3)22-19)24-21(25)30-11-18(26)23-14-6-7-16(28-4)17(9-14)29-5/h6-9,12,22H,10-11H2,1-5H3,(H,23,26). The summed E-state index contributed by atoms with van der Waals surface area (Å²) in [6.07, 6.45) is 0. The smallest absolute Gasteiger partial charge is 0.278 e. The Morgan fingerprint density at radius 3 is 2.63 bits per heavy atom. The fourth-order valence-corrected chi connectivity index (χ4v) is 3.90. The maximum atomic E-state index is 12.9. The lowest BCUT2D eigenvalue weighted by molar-refractivity contribution is -0.113. The van der Waals surface area contributed by atoms with E-state index in [1.54, 1.807) is 29.9 Å². The van der Waals surface area contributed by atoms with Gasteiger partial charge < -0.3 is 19.8 Å². The molecule has 2 N–H and O–H groups in total. The van der Waals surface area contributed by atoms with Gasteiger partial charge >= 0.3 is 0 Å². The van der Waals surface area contributed by atoms with Crippen LogP contribution < -0.4 is 20.3 Å². The molecular weight excluding hydrogens is 404 g/mol. The molecule has 160 valence electrons. The fourth-order valence-electron chi connectivity index (χ4n) is 3.09. The summed E-state index contributed by atoms with van der Waals surface area (Å²) in [6.45, 7) is 6.49. The number of anilines is 1. The van der Waals surface area contributed by atoms with Gasteiger partial charge in [-0.15, -0.1) is 0 Å². The van der Waals surface area contributed by atoms with Gasteiger partial charge in [0.15, 0.2) is 16.7 Å². The molecule has 0 fully saturated rings. The van der Waals surface area contributed by atoms with E-state index in [-0.39, 0.29) is 23.1 Å². The number of thioether (sulfide) groups is 1. The van der Waals surface area contributed by atoms with E-state index in [1.165, 1.54) is 18.9 Å². The number of benzene rings is 1. The Balaban J connectivity index is 1.79. The third-order valence-electron chi connectivity index (χ3n) is 4.38. The minimum atomic E-state index is -0.206. The highest BCUT2D eigenvalue weighted by Gasteiger charge is 2.16. The van der Waals surface area contributed by atoms with Gasteiger partial charge in [0.05, 0.1) is 25.5 Å². The van der Waals surface area contributed by atoms with Crippen LogP contribution in [0.15, 0.2) is 34.2 Å². The summed E-state index contributed by atoms with van der Waals surface area (Å²) in [5, 5.41) is 3.37. The van der Waals surface area contributed by atoms with Gasteiger partial charge in [-0.1, -0.05) is 25.6 Å². The Morgan fingerprint density at radius 2 is 1.97 bits per heavy atom. The maximum absolute atomic E-state index is 12.9. The van der Waals surface area contributed by atoms with Crippen LogP contribution in [-0.4, -0.2) is 40.4 Å². The Morgan fingerprint density at radius 1 is 1.23 bits per heavy atom. The van der Waals surface area contributed by atoms with Crippen molar-refractivity contribution in [2.75, 3.05) is 25.3 Å². The number of rotatable bonds is 8. The first kappa shape index (κ1) is 21.8. The number of amides is 1. The number of aromatic nitrogens is 3. The van der Waals surface area contributed by atoms with Crippen molar-refractivity contribution in [1.82, 2.24) is 14.5 Å². The Hall–Kier alpha value is -2.94. The lowest BCUT2D eigenvalue weighted by Gasteiger charge is -2.14. The van der Waals surface area contributed by atoms with Crippen LogP contribution in [0.25, 0.3) is 11.0 Å². The van der Waals surface area contributed by atoms with Crippen molar-refractivity contribution in [1.29, 1.82) is 0 Å². The molecule has 9 heteroatoms.